The molecule has 0 atom stereocenters. The van der Waals surface area contributed by atoms with Crippen LogP contribution >= 0.6 is 23.8 Å². The van der Waals surface area contributed by atoms with Gasteiger partial charge in [-0.1, -0.05) is 23.7 Å². The Bertz CT molecular complexity index is 658. The smallest absolute Gasteiger partial charge is 0.175 e. The molecule has 2 nitrogen and oxygen atoms in total. The topological polar surface area (TPSA) is 24.1 Å². The molecule has 20 heavy (non-hydrogen) atoms. The molecule has 2 aromatic rings. The third-order valence-electron chi connectivity index (χ3n) is 2.88. The van der Waals surface area contributed by atoms with Gasteiger partial charge in [-0.3, -0.25) is 0 Å². The van der Waals surface area contributed by atoms with E-state index in [0.29, 0.717) is 15.8 Å². The number of anilines is 2. The van der Waals surface area contributed by atoms with Crippen molar-refractivity contribution in [3.8, 4) is 0 Å². The van der Waals surface area contributed by atoms with Crippen LogP contribution in [0.5, 0.6) is 0 Å². The molecule has 0 aliphatic heterocycles. The van der Waals surface area contributed by atoms with E-state index in [1.54, 1.807) is 12.1 Å². The quantitative estimate of drug-likeness (QED) is 0.771. The van der Waals surface area contributed by atoms with Gasteiger partial charge in [-0.15, -0.1) is 0 Å². The molecule has 2 N–H and O–H groups in total. The predicted octanol–water partition coefficient (Wildman–Crippen LogP) is 4.90. The number of hydrogen-bond donors (Lipinski definition) is 2. The number of halogens is 2. The zero-order valence-electron chi connectivity index (χ0n) is 11.1. The summed E-state index contributed by atoms with van der Waals surface area (Å²) in [6, 6.07) is 10.1. The molecule has 0 spiro atoms. The number of aryl methyl sites for hydroxylation is 2. The number of nitrogens with one attached hydrogen (secondary N) is 2. The molecule has 0 aliphatic rings. The SMILES string of the molecule is Cc1ccc(NC(=S)Nc2cc(F)ccc2C)cc1Cl. The van der Waals surface area contributed by atoms with E-state index >= 15 is 0 Å². The van der Waals surface area contributed by atoms with Gasteiger partial charge in [-0.25, -0.2) is 4.39 Å². The summed E-state index contributed by atoms with van der Waals surface area (Å²) in [4.78, 5) is 0. The Hall–Kier alpha value is -1.65. The van der Waals surface area contributed by atoms with E-state index in [1.807, 2.05) is 26.0 Å². The van der Waals surface area contributed by atoms with Gasteiger partial charge in [0, 0.05) is 16.4 Å². The van der Waals surface area contributed by atoms with Crippen LogP contribution in [0, 0.1) is 19.7 Å². The van der Waals surface area contributed by atoms with Gasteiger partial charge in [-0.2, -0.15) is 0 Å². The fourth-order valence-corrected chi connectivity index (χ4v) is 2.09. The summed E-state index contributed by atoms with van der Waals surface area (Å²) in [6.45, 7) is 3.81. The van der Waals surface area contributed by atoms with Gasteiger partial charge in [0.25, 0.3) is 0 Å². The Kier molecular flexibility index (Phi) is 4.57. The Labute approximate surface area is 128 Å². The molecule has 2 aromatic carbocycles. The van der Waals surface area contributed by atoms with Crippen LogP contribution in [0.2, 0.25) is 5.02 Å². The van der Waals surface area contributed by atoms with Gasteiger partial charge < -0.3 is 10.6 Å². The van der Waals surface area contributed by atoms with Crippen LogP contribution in [0.4, 0.5) is 15.8 Å². The largest absolute Gasteiger partial charge is 0.332 e. The number of thiocarbonyl (C=S) groups is 1. The summed E-state index contributed by atoms with van der Waals surface area (Å²) in [5.74, 6) is -0.306. The second-order valence-electron chi connectivity index (χ2n) is 4.50. The first-order valence-corrected chi connectivity index (χ1v) is 6.84. The Balaban J connectivity index is 2.09. The molecule has 0 unspecified atom stereocenters. The van der Waals surface area contributed by atoms with Crippen molar-refractivity contribution >= 4 is 40.3 Å². The summed E-state index contributed by atoms with van der Waals surface area (Å²) in [5.41, 5.74) is 3.34. The van der Waals surface area contributed by atoms with Gasteiger partial charge in [0.2, 0.25) is 0 Å². The zero-order valence-corrected chi connectivity index (χ0v) is 12.7. The first kappa shape index (κ1) is 14.8. The highest BCUT2D eigenvalue weighted by Crippen LogP contribution is 2.21. The molecule has 104 valence electrons. The van der Waals surface area contributed by atoms with E-state index < -0.39 is 0 Å². The normalized spacial score (nSPS) is 10.2. The third kappa shape index (κ3) is 3.68. The zero-order chi connectivity index (χ0) is 14.7. The molecular weight excluding hydrogens is 295 g/mol. The highest BCUT2D eigenvalue weighted by Gasteiger charge is 2.04. The predicted molar refractivity (Wildman–Crippen MR) is 87.2 cm³/mol. The van der Waals surface area contributed by atoms with E-state index in [9.17, 15) is 4.39 Å². The summed E-state index contributed by atoms with van der Waals surface area (Å²) in [5, 5.41) is 7.04. The van der Waals surface area contributed by atoms with Crippen LogP contribution in [-0.4, -0.2) is 5.11 Å². The van der Waals surface area contributed by atoms with Crippen molar-refractivity contribution in [3.63, 3.8) is 0 Å². The van der Waals surface area contributed by atoms with Crippen LogP contribution in [0.3, 0.4) is 0 Å². The van der Waals surface area contributed by atoms with E-state index in [-0.39, 0.29) is 5.82 Å². The highest BCUT2D eigenvalue weighted by molar-refractivity contribution is 7.80. The summed E-state index contributed by atoms with van der Waals surface area (Å²) < 4.78 is 13.2. The van der Waals surface area contributed by atoms with Gasteiger partial charge in [-0.05, 0) is 61.5 Å². The van der Waals surface area contributed by atoms with Crippen molar-refractivity contribution in [1.82, 2.24) is 0 Å². The molecule has 0 fully saturated rings. The fraction of sp³-hybridized carbons (Fsp3) is 0.133. The maximum atomic E-state index is 13.2. The third-order valence-corrected chi connectivity index (χ3v) is 3.49. The van der Waals surface area contributed by atoms with Crippen LogP contribution in [-0.2, 0) is 0 Å². The van der Waals surface area contributed by atoms with Crippen molar-refractivity contribution in [1.29, 1.82) is 0 Å². The standard InChI is InChI=1S/C15H14ClFN2S/c1-9-4-6-12(8-13(9)16)18-15(20)19-14-7-11(17)5-3-10(14)2/h3-8H,1-2H3,(H2,18,19,20). The molecule has 0 aliphatic carbocycles. The molecule has 2 rings (SSSR count). The van der Waals surface area contributed by atoms with E-state index in [0.717, 1.165) is 16.8 Å². The maximum absolute atomic E-state index is 13.2. The van der Waals surface area contributed by atoms with Crippen LogP contribution in [0.1, 0.15) is 11.1 Å². The van der Waals surface area contributed by atoms with E-state index in [2.05, 4.69) is 10.6 Å². The van der Waals surface area contributed by atoms with Crippen LogP contribution < -0.4 is 10.6 Å². The lowest BCUT2D eigenvalue weighted by atomic mass is 10.2. The second kappa shape index (κ2) is 6.20. The van der Waals surface area contributed by atoms with Gasteiger partial charge in [0.1, 0.15) is 5.82 Å². The van der Waals surface area contributed by atoms with Gasteiger partial charge >= 0.3 is 0 Å². The summed E-state index contributed by atoms with van der Waals surface area (Å²) in [6.07, 6.45) is 0. The molecule has 0 aromatic heterocycles. The number of rotatable bonds is 2. The number of benzene rings is 2. The molecule has 0 radical (unpaired) electrons. The maximum Gasteiger partial charge on any atom is 0.175 e. The second-order valence-corrected chi connectivity index (χ2v) is 5.32. The van der Waals surface area contributed by atoms with Crippen LogP contribution in [0.15, 0.2) is 36.4 Å². The molecular formula is C15H14ClFN2S. The molecule has 0 heterocycles. The minimum atomic E-state index is -0.306. The van der Waals surface area contributed by atoms with Gasteiger partial charge in [0.05, 0.1) is 0 Å². The lowest BCUT2D eigenvalue weighted by Crippen LogP contribution is -2.19. The first-order chi connectivity index (χ1) is 9.45. The molecule has 0 saturated carbocycles. The monoisotopic (exact) mass is 308 g/mol. The first-order valence-electron chi connectivity index (χ1n) is 6.06. The van der Waals surface area contributed by atoms with Crippen molar-refractivity contribution in [3.05, 3.63) is 58.4 Å². The summed E-state index contributed by atoms with van der Waals surface area (Å²) >= 11 is 11.3. The summed E-state index contributed by atoms with van der Waals surface area (Å²) in [7, 11) is 0. The van der Waals surface area contributed by atoms with E-state index in [1.165, 1.54) is 12.1 Å². The highest BCUT2D eigenvalue weighted by atomic mass is 35.5. The molecule has 0 bridgehead atoms. The van der Waals surface area contributed by atoms with Crippen molar-refractivity contribution < 1.29 is 4.39 Å². The van der Waals surface area contributed by atoms with E-state index in [4.69, 9.17) is 23.8 Å². The average molecular weight is 309 g/mol. The lowest BCUT2D eigenvalue weighted by Gasteiger charge is -2.13. The minimum Gasteiger partial charge on any atom is -0.332 e. The number of hydrogen-bond acceptors (Lipinski definition) is 1. The van der Waals surface area contributed by atoms with Crippen molar-refractivity contribution in [2.24, 2.45) is 0 Å². The fourth-order valence-electron chi connectivity index (χ4n) is 1.68. The Morgan fingerprint density at radius 1 is 1.05 bits per heavy atom. The molecule has 0 saturated heterocycles. The molecule has 0 amide bonds. The lowest BCUT2D eigenvalue weighted by molar-refractivity contribution is 0.628. The Morgan fingerprint density at radius 3 is 2.45 bits per heavy atom. The van der Waals surface area contributed by atoms with Crippen molar-refractivity contribution in [2.75, 3.05) is 10.6 Å². The average Bonchev–Trinajstić information content (AvgIpc) is 2.38. The van der Waals surface area contributed by atoms with Crippen molar-refractivity contribution in [2.45, 2.75) is 13.8 Å². The Morgan fingerprint density at radius 2 is 1.75 bits per heavy atom. The minimum absolute atomic E-state index is 0.306. The molecule has 5 heteroatoms. The van der Waals surface area contributed by atoms with Gasteiger partial charge in [0.15, 0.2) is 5.11 Å². The van der Waals surface area contributed by atoms with Crippen LogP contribution in [0.25, 0.3) is 0 Å².